The Kier molecular flexibility index (Phi) is 16.2. The van der Waals surface area contributed by atoms with Crippen LogP contribution >= 0.6 is 0 Å². The second-order valence-electron chi connectivity index (χ2n) is 12.8. The van der Waals surface area contributed by atoms with Crippen molar-refractivity contribution in [3.8, 4) is 0 Å². The molecule has 4 fully saturated rings. The van der Waals surface area contributed by atoms with E-state index in [1.165, 1.54) is 0 Å². The number of hydrogen-bond donors (Lipinski definition) is 13. The van der Waals surface area contributed by atoms with E-state index in [2.05, 4.69) is 0 Å². The zero-order valence-corrected chi connectivity index (χ0v) is 27.3. The lowest BCUT2D eigenvalue weighted by atomic mass is 9.98. The fourth-order valence-electron chi connectivity index (χ4n) is 5.88. The Hall–Kier alpha value is -1.17. The van der Waals surface area contributed by atoms with Gasteiger partial charge < -0.3 is 109 Å². The molecule has 0 aliphatic carbocycles. The van der Waals surface area contributed by atoms with E-state index in [0.29, 0.717) is 19.3 Å². The van der Waals surface area contributed by atoms with Crippen LogP contribution in [0.1, 0.15) is 19.3 Å². The predicted molar refractivity (Wildman–Crippen MR) is 158 cm³/mol. The quantitative estimate of drug-likeness (QED) is 0.0514. The number of rotatable bonds is 16. The number of aldehydes is 1. The van der Waals surface area contributed by atoms with E-state index in [4.69, 9.17) is 37.9 Å². The van der Waals surface area contributed by atoms with Gasteiger partial charge in [0.25, 0.3) is 0 Å². The lowest BCUT2D eigenvalue weighted by Gasteiger charge is -2.44. The van der Waals surface area contributed by atoms with Crippen molar-refractivity contribution in [1.82, 2.24) is 0 Å². The average Bonchev–Trinajstić information content (AvgIpc) is 3.12. The van der Waals surface area contributed by atoms with E-state index >= 15 is 0 Å². The fraction of sp³-hybridized carbons (Fsp3) is 0.966. The van der Waals surface area contributed by atoms with Crippen LogP contribution in [-0.2, 0) is 42.7 Å². The molecule has 0 amide bonds. The van der Waals surface area contributed by atoms with Crippen molar-refractivity contribution in [2.75, 3.05) is 33.0 Å². The first-order valence-corrected chi connectivity index (χ1v) is 16.5. The third-order valence-corrected chi connectivity index (χ3v) is 9.13. The minimum Gasteiger partial charge on any atom is -0.394 e. The number of aliphatic hydroxyl groups is 13. The Bertz CT molecular complexity index is 1040. The Morgan fingerprint density at radius 2 is 0.725 bits per heavy atom. The molecule has 0 aromatic carbocycles. The minimum absolute atomic E-state index is 0.0591. The van der Waals surface area contributed by atoms with Gasteiger partial charge in [-0.15, -0.1) is 0 Å². The summed E-state index contributed by atoms with van der Waals surface area (Å²) in [6.45, 7) is -2.57. The van der Waals surface area contributed by atoms with Crippen LogP contribution in [0, 0.1) is 0 Å². The summed E-state index contributed by atoms with van der Waals surface area (Å²) in [7, 11) is 0. The standard InChI is InChI=1S/C29H50O22/c30-4-2-1-3-5-44-26-22(40)19(37)15(33)11(49-26)7-46-28-24(42)21(39)17(35)13(51-28)9-47-29-25(43)20(38)16(34)12(50-29)8-45-27-23(41)18(36)14(32)10(6-31)48-27/h4,10-29,31-43H,1-3,5-9H2/t10-,11-,12-,13-,14-,15-,16-,17-,18+,19+,20+,21+,22-,23-,24-,25-,26-,27-,28-,29-/m1/s1. The summed E-state index contributed by atoms with van der Waals surface area (Å²) in [5.41, 5.74) is 0. The molecule has 0 aromatic heterocycles. The largest absolute Gasteiger partial charge is 0.394 e. The van der Waals surface area contributed by atoms with Crippen LogP contribution in [-0.4, -0.2) is 229 Å². The fourth-order valence-corrected chi connectivity index (χ4v) is 5.88. The van der Waals surface area contributed by atoms with Gasteiger partial charge >= 0.3 is 0 Å². The van der Waals surface area contributed by atoms with Gasteiger partial charge in [-0.2, -0.15) is 0 Å². The van der Waals surface area contributed by atoms with Crippen molar-refractivity contribution in [2.45, 2.75) is 142 Å². The highest BCUT2D eigenvalue weighted by atomic mass is 16.8. The van der Waals surface area contributed by atoms with E-state index in [0.717, 1.165) is 6.29 Å². The van der Waals surface area contributed by atoms with Gasteiger partial charge in [-0.3, -0.25) is 0 Å². The summed E-state index contributed by atoms with van der Waals surface area (Å²) in [6.07, 6.45) is -31.3. The summed E-state index contributed by atoms with van der Waals surface area (Å²) in [5.74, 6) is 0. The van der Waals surface area contributed by atoms with E-state index in [1.54, 1.807) is 0 Å². The maximum absolute atomic E-state index is 10.6. The SMILES string of the molecule is O=CCCCCO[C@@H]1O[C@H](CO[C@@H]2O[C@H](CO[C@@H]3O[C@H](CO[C@@H]4O[C@H](CO)[C@@H](O)[C@H](O)[C@H]4O)[C@@H](O)[C@H](O)[C@H]3O)[C@@H](O)[C@H](O)[C@H]2O)[C@@H](O)[C@H](O)[C@H]1O. The van der Waals surface area contributed by atoms with Crippen LogP contribution in [0.5, 0.6) is 0 Å². The van der Waals surface area contributed by atoms with E-state index in [9.17, 15) is 71.2 Å². The molecule has 4 aliphatic heterocycles. The predicted octanol–water partition coefficient (Wildman–Crippen LogP) is -8.36. The first kappa shape index (κ1) is 42.6. The van der Waals surface area contributed by atoms with Gasteiger partial charge in [-0.1, -0.05) is 0 Å². The van der Waals surface area contributed by atoms with E-state index in [-0.39, 0.29) is 6.61 Å². The summed E-state index contributed by atoms with van der Waals surface area (Å²) in [4.78, 5) is 10.5. The number of ether oxygens (including phenoxy) is 8. The zero-order valence-electron chi connectivity index (χ0n) is 27.3. The van der Waals surface area contributed by atoms with Crippen molar-refractivity contribution >= 4 is 6.29 Å². The van der Waals surface area contributed by atoms with E-state index < -0.39 is 149 Å². The second kappa shape index (κ2) is 19.4. The molecule has 22 nitrogen and oxygen atoms in total. The van der Waals surface area contributed by atoms with Crippen LogP contribution in [0.15, 0.2) is 0 Å². The number of aliphatic hydroxyl groups excluding tert-OH is 13. The molecule has 0 aromatic rings. The highest BCUT2D eigenvalue weighted by molar-refractivity contribution is 5.48. The van der Waals surface area contributed by atoms with Crippen molar-refractivity contribution in [2.24, 2.45) is 0 Å². The minimum atomic E-state index is -1.88. The van der Waals surface area contributed by atoms with Gasteiger partial charge in [0.2, 0.25) is 0 Å². The topological polar surface area (TPSA) is 354 Å². The first-order valence-electron chi connectivity index (χ1n) is 16.5. The van der Waals surface area contributed by atoms with Gasteiger partial charge in [0, 0.05) is 13.0 Å². The zero-order chi connectivity index (χ0) is 37.6. The maximum atomic E-state index is 10.6. The Morgan fingerprint density at radius 3 is 1.06 bits per heavy atom. The molecule has 22 heteroatoms. The Morgan fingerprint density at radius 1 is 0.412 bits per heavy atom. The van der Waals surface area contributed by atoms with Gasteiger partial charge in [-0.05, 0) is 12.8 Å². The lowest BCUT2D eigenvalue weighted by Crippen LogP contribution is -2.63. The molecule has 0 radical (unpaired) electrons. The van der Waals surface area contributed by atoms with Gasteiger partial charge in [-0.25, -0.2) is 0 Å². The highest BCUT2D eigenvalue weighted by Gasteiger charge is 2.50. The molecule has 13 N–H and O–H groups in total. The molecule has 51 heavy (non-hydrogen) atoms. The molecule has 0 spiro atoms. The van der Waals surface area contributed by atoms with Crippen LogP contribution in [0.4, 0.5) is 0 Å². The Balaban J connectivity index is 1.32. The second-order valence-corrected chi connectivity index (χ2v) is 12.8. The van der Waals surface area contributed by atoms with E-state index in [1.807, 2.05) is 0 Å². The molecule has 4 aliphatic rings. The summed E-state index contributed by atoms with van der Waals surface area (Å²) < 4.78 is 43.7. The summed E-state index contributed by atoms with van der Waals surface area (Å²) in [6, 6.07) is 0. The normalized spacial score (nSPS) is 48.0. The summed E-state index contributed by atoms with van der Waals surface area (Å²) in [5, 5.41) is 133. The monoisotopic (exact) mass is 750 g/mol. The molecular weight excluding hydrogens is 700 g/mol. The molecule has 4 saturated heterocycles. The highest BCUT2D eigenvalue weighted by Crippen LogP contribution is 2.29. The molecule has 4 rings (SSSR count). The van der Waals surface area contributed by atoms with Gasteiger partial charge in [0.1, 0.15) is 104 Å². The smallest absolute Gasteiger partial charge is 0.186 e. The van der Waals surface area contributed by atoms with Crippen LogP contribution < -0.4 is 0 Å². The lowest BCUT2D eigenvalue weighted by molar-refractivity contribution is -0.347. The number of hydrogen-bond acceptors (Lipinski definition) is 22. The van der Waals surface area contributed by atoms with Crippen molar-refractivity contribution in [1.29, 1.82) is 0 Å². The van der Waals surface area contributed by atoms with Crippen molar-refractivity contribution in [3.05, 3.63) is 0 Å². The molecule has 4 heterocycles. The Labute approximate surface area is 290 Å². The molecule has 0 saturated carbocycles. The first-order chi connectivity index (χ1) is 24.2. The number of carbonyl (C=O) groups excluding carboxylic acids is 1. The van der Waals surface area contributed by atoms with Gasteiger partial charge in [0.05, 0.1) is 26.4 Å². The average molecular weight is 751 g/mol. The molecule has 0 bridgehead atoms. The number of unbranched alkanes of at least 4 members (excludes halogenated alkanes) is 2. The van der Waals surface area contributed by atoms with Crippen LogP contribution in [0.3, 0.4) is 0 Å². The van der Waals surface area contributed by atoms with Crippen molar-refractivity contribution in [3.63, 3.8) is 0 Å². The van der Waals surface area contributed by atoms with Crippen LogP contribution in [0.25, 0.3) is 0 Å². The van der Waals surface area contributed by atoms with Crippen molar-refractivity contribution < 1.29 is 109 Å². The third-order valence-electron chi connectivity index (χ3n) is 9.13. The van der Waals surface area contributed by atoms with Gasteiger partial charge in [0.15, 0.2) is 25.2 Å². The maximum Gasteiger partial charge on any atom is 0.186 e. The third kappa shape index (κ3) is 10.1. The number of carbonyl (C=O) groups is 1. The molecule has 298 valence electrons. The van der Waals surface area contributed by atoms with Crippen LogP contribution in [0.2, 0.25) is 0 Å². The molecular formula is C29H50O22. The molecule has 0 unspecified atom stereocenters. The molecule has 20 atom stereocenters. The summed E-state index contributed by atoms with van der Waals surface area (Å²) >= 11 is 0.